The Hall–Kier alpha value is -4.44. The van der Waals surface area contributed by atoms with Gasteiger partial charge < -0.3 is 34.6 Å². The van der Waals surface area contributed by atoms with E-state index in [9.17, 15) is 22.8 Å². The molecular formula is C42H56N6O9S. The first-order valence-electron chi connectivity index (χ1n) is 21.1. The number of urea groups is 1. The number of amides is 5. The van der Waals surface area contributed by atoms with E-state index in [1.54, 1.807) is 12.0 Å². The second-order valence-corrected chi connectivity index (χ2v) is 19.0. The number of fused-ring (bicyclic) bond motifs is 6. The van der Waals surface area contributed by atoms with Crippen molar-refractivity contribution in [2.75, 3.05) is 33.4 Å². The molecule has 6 aliphatic rings. The third-order valence-electron chi connectivity index (χ3n) is 13.0. The predicted molar refractivity (Wildman–Crippen MR) is 214 cm³/mol. The van der Waals surface area contributed by atoms with Crippen LogP contribution >= 0.6 is 0 Å². The molecule has 0 radical (unpaired) electrons. The van der Waals surface area contributed by atoms with Gasteiger partial charge in [-0.2, -0.15) is 0 Å². The van der Waals surface area contributed by atoms with Crippen LogP contribution in [0.1, 0.15) is 89.0 Å². The maximum Gasteiger partial charge on any atom is 0.318 e. The molecule has 2 aromatic rings. The van der Waals surface area contributed by atoms with Crippen molar-refractivity contribution in [2.45, 2.75) is 125 Å². The summed E-state index contributed by atoms with van der Waals surface area (Å²) in [7, 11) is -2.30. The van der Waals surface area contributed by atoms with Crippen molar-refractivity contribution >= 4 is 44.7 Å². The van der Waals surface area contributed by atoms with Gasteiger partial charge in [0, 0.05) is 49.1 Å². The number of methoxy groups -OCH3 is 1. The van der Waals surface area contributed by atoms with Gasteiger partial charge in [-0.05, 0) is 81.9 Å². The molecule has 3 aliphatic heterocycles. The van der Waals surface area contributed by atoms with Gasteiger partial charge in [0.05, 0.1) is 30.5 Å². The molecule has 3 aliphatic carbocycles. The van der Waals surface area contributed by atoms with Crippen LogP contribution < -0.4 is 24.8 Å². The number of sulfonamides is 1. The Kier molecular flexibility index (Phi) is 11.6. The molecule has 1 aromatic carbocycles. The summed E-state index contributed by atoms with van der Waals surface area (Å²) in [6.07, 6.45) is 10.4. The summed E-state index contributed by atoms with van der Waals surface area (Å²) in [5.74, 6) is -1.39. The second kappa shape index (κ2) is 16.7. The summed E-state index contributed by atoms with van der Waals surface area (Å²) in [5.41, 5.74) is 0.0469. The Morgan fingerprint density at radius 3 is 2.55 bits per heavy atom. The lowest BCUT2D eigenvalue weighted by molar-refractivity contribution is -0.142. The van der Waals surface area contributed by atoms with Gasteiger partial charge in [-0.3, -0.25) is 19.1 Å². The number of aryl methyl sites for hydroxylation is 1. The third kappa shape index (κ3) is 8.50. The molecular weight excluding hydrogens is 765 g/mol. The van der Waals surface area contributed by atoms with Crippen LogP contribution in [0.5, 0.6) is 11.6 Å². The van der Waals surface area contributed by atoms with E-state index in [0.717, 1.165) is 62.3 Å². The number of carbonyl (C=O) groups is 4. The number of carbonyl (C=O) groups excluding carboxylic acids is 4. The number of hydrogen-bond donors (Lipinski definition) is 3. The van der Waals surface area contributed by atoms with E-state index in [-0.39, 0.29) is 37.4 Å². The summed E-state index contributed by atoms with van der Waals surface area (Å²) in [4.78, 5) is 65.3. The Bertz CT molecular complexity index is 2040. The molecule has 4 heterocycles. The number of nitrogens with zero attached hydrogens (tertiary/aromatic N) is 3. The van der Waals surface area contributed by atoms with Crippen LogP contribution in [-0.4, -0.2) is 115 Å². The van der Waals surface area contributed by atoms with Gasteiger partial charge in [-0.15, -0.1) is 6.58 Å². The Morgan fingerprint density at radius 1 is 1.02 bits per heavy atom. The van der Waals surface area contributed by atoms with Crippen molar-refractivity contribution in [1.29, 1.82) is 0 Å². The summed E-state index contributed by atoms with van der Waals surface area (Å²) in [5, 5.41) is 6.28. The van der Waals surface area contributed by atoms with Crippen molar-refractivity contribution in [3.8, 4) is 11.6 Å². The number of aromatic nitrogens is 1. The maximum absolute atomic E-state index is 15.0. The minimum Gasteiger partial charge on any atom is -0.497 e. The average Bonchev–Trinajstić information content (AvgIpc) is 4.11. The van der Waals surface area contributed by atoms with E-state index < -0.39 is 62.6 Å². The number of nitrogens with one attached hydrogen (secondary N) is 3. The van der Waals surface area contributed by atoms with Crippen LogP contribution in [0.15, 0.2) is 36.9 Å². The average molecular weight is 821 g/mol. The predicted octanol–water partition coefficient (Wildman–Crippen LogP) is 3.74. The Balaban J connectivity index is 1.13. The van der Waals surface area contributed by atoms with Crippen molar-refractivity contribution in [2.24, 2.45) is 11.8 Å². The SMILES string of the molecule is C=CC1C[C@]1(NC(=O)[C@@H]1C[C@@H]2CN1C(=O)[C@H](C1CCCCC1)NC(=O)N1CC[C@@H](C1)OCCCCCc1cc3ccc(OC)cc3nc1O2)C(=O)NS(=O)(=O)C1CC1. The minimum atomic E-state index is -3.90. The molecule has 15 nitrogen and oxygen atoms in total. The fourth-order valence-electron chi connectivity index (χ4n) is 9.28. The van der Waals surface area contributed by atoms with Crippen LogP contribution in [0.25, 0.3) is 10.9 Å². The third-order valence-corrected chi connectivity index (χ3v) is 14.8. The van der Waals surface area contributed by atoms with E-state index in [4.69, 9.17) is 19.2 Å². The highest BCUT2D eigenvalue weighted by atomic mass is 32.2. The van der Waals surface area contributed by atoms with Crippen molar-refractivity contribution in [3.05, 3.63) is 42.5 Å². The molecule has 6 atom stereocenters. The molecule has 5 fully saturated rings. The lowest BCUT2D eigenvalue weighted by Gasteiger charge is -2.35. The number of benzene rings is 1. The molecule has 314 valence electrons. The molecule has 16 heteroatoms. The van der Waals surface area contributed by atoms with Crippen molar-refractivity contribution < 1.29 is 41.8 Å². The highest BCUT2D eigenvalue weighted by Crippen LogP contribution is 2.46. The summed E-state index contributed by atoms with van der Waals surface area (Å²) < 4.78 is 46.3. The second-order valence-electron chi connectivity index (χ2n) is 17.0. The first-order valence-corrected chi connectivity index (χ1v) is 22.6. The van der Waals surface area contributed by atoms with Crippen LogP contribution in [0.4, 0.5) is 4.79 Å². The maximum atomic E-state index is 15.0. The van der Waals surface area contributed by atoms with Gasteiger partial charge in [0.1, 0.15) is 29.5 Å². The lowest BCUT2D eigenvalue weighted by Crippen LogP contribution is -2.60. The summed E-state index contributed by atoms with van der Waals surface area (Å²) in [6, 6.07) is 5.44. The number of rotatable bonds is 8. The van der Waals surface area contributed by atoms with E-state index in [2.05, 4.69) is 28.0 Å². The zero-order valence-electron chi connectivity index (χ0n) is 33.3. The quantitative estimate of drug-likeness (QED) is 0.332. The fourth-order valence-corrected chi connectivity index (χ4v) is 10.6. The summed E-state index contributed by atoms with van der Waals surface area (Å²) in [6.45, 7) is 5.41. The Morgan fingerprint density at radius 2 is 1.81 bits per heavy atom. The van der Waals surface area contributed by atoms with Crippen molar-refractivity contribution in [3.63, 3.8) is 0 Å². The molecule has 2 saturated heterocycles. The summed E-state index contributed by atoms with van der Waals surface area (Å²) >= 11 is 0. The first-order chi connectivity index (χ1) is 28.0. The minimum absolute atomic E-state index is 0.0348. The van der Waals surface area contributed by atoms with E-state index in [1.165, 1.54) is 11.0 Å². The van der Waals surface area contributed by atoms with Crippen LogP contribution in [-0.2, 0) is 35.6 Å². The fraction of sp³-hybridized carbons (Fsp3) is 0.643. The molecule has 3 saturated carbocycles. The highest BCUT2D eigenvalue weighted by molar-refractivity contribution is 7.91. The highest BCUT2D eigenvalue weighted by Gasteiger charge is 2.62. The largest absolute Gasteiger partial charge is 0.497 e. The monoisotopic (exact) mass is 820 g/mol. The Labute approximate surface area is 340 Å². The van der Waals surface area contributed by atoms with E-state index in [0.29, 0.717) is 62.5 Å². The van der Waals surface area contributed by atoms with Gasteiger partial charge >= 0.3 is 6.03 Å². The van der Waals surface area contributed by atoms with Gasteiger partial charge in [0.25, 0.3) is 5.91 Å². The molecule has 4 bridgehead atoms. The van der Waals surface area contributed by atoms with E-state index in [1.807, 2.05) is 18.2 Å². The molecule has 1 unspecified atom stereocenters. The molecule has 1 aromatic heterocycles. The molecule has 5 amide bonds. The standard InChI is InChI=1S/C42H56N6O9S/c1-3-29-23-42(29,40(51)46-58(53,54)33-15-16-33)45-37(49)35-22-32-25-48(35)39(50)36(26-10-6-4-7-11-26)44-41(52)47-18-17-31(24-47)56-19-9-5-8-12-28-20-27-13-14-30(55-2)21-34(27)43-38(28)57-32/h3,13-14,20-21,26,29,31-33,35-36H,1,4-12,15-19,22-25H2,2H3,(H,44,52)(H,45,49)(H,46,51)/t29?,31-,32+,35-,36-,42+/m0/s1. The van der Waals surface area contributed by atoms with Gasteiger partial charge in [-0.1, -0.05) is 31.8 Å². The van der Waals surface area contributed by atoms with Crippen LogP contribution in [0, 0.1) is 11.8 Å². The zero-order valence-corrected chi connectivity index (χ0v) is 34.1. The lowest BCUT2D eigenvalue weighted by atomic mass is 9.83. The molecule has 8 rings (SSSR count). The van der Waals surface area contributed by atoms with Gasteiger partial charge in [-0.25, -0.2) is 18.2 Å². The first kappa shape index (κ1) is 40.3. The van der Waals surface area contributed by atoms with E-state index >= 15 is 4.79 Å². The van der Waals surface area contributed by atoms with Crippen LogP contribution in [0.2, 0.25) is 0 Å². The number of hydrogen-bond acceptors (Lipinski definition) is 10. The molecule has 58 heavy (non-hydrogen) atoms. The number of ether oxygens (including phenoxy) is 3. The normalized spacial score (nSPS) is 29.9. The van der Waals surface area contributed by atoms with Crippen LogP contribution in [0.3, 0.4) is 0 Å². The zero-order chi connectivity index (χ0) is 40.6. The molecule has 3 N–H and O–H groups in total. The van der Waals surface area contributed by atoms with Crippen molar-refractivity contribution in [1.82, 2.24) is 30.1 Å². The molecule has 0 spiro atoms. The van der Waals surface area contributed by atoms with Gasteiger partial charge in [0.2, 0.25) is 27.7 Å². The smallest absolute Gasteiger partial charge is 0.318 e. The topological polar surface area (TPSA) is 186 Å². The van der Waals surface area contributed by atoms with Gasteiger partial charge in [0.15, 0.2) is 0 Å². The number of pyridine rings is 1.